The number of halogens is 1. The first-order chi connectivity index (χ1) is 16.0. The van der Waals surface area contributed by atoms with Crippen LogP contribution in [0.4, 0.5) is 4.39 Å². The summed E-state index contributed by atoms with van der Waals surface area (Å²) in [5.74, 6) is 1.44. The zero-order chi connectivity index (χ0) is 23.4. The molecule has 33 heavy (non-hydrogen) atoms. The minimum Gasteiger partial charge on any atom is -0.493 e. The topological polar surface area (TPSA) is 79.9 Å². The molecule has 9 heteroatoms. The van der Waals surface area contributed by atoms with E-state index in [2.05, 4.69) is 15.1 Å². The van der Waals surface area contributed by atoms with E-state index in [4.69, 9.17) is 14.2 Å². The third-order valence-electron chi connectivity index (χ3n) is 5.79. The Balaban J connectivity index is 1.38. The number of carbonyl (C=O) groups is 1. The summed E-state index contributed by atoms with van der Waals surface area (Å²) in [6.07, 6.45) is 0. The molecule has 0 radical (unpaired) electrons. The van der Waals surface area contributed by atoms with Crippen molar-refractivity contribution in [1.29, 1.82) is 0 Å². The van der Waals surface area contributed by atoms with E-state index in [0.717, 1.165) is 24.2 Å². The van der Waals surface area contributed by atoms with Gasteiger partial charge in [-0.15, -0.1) is 0 Å². The lowest BCUT2D eigenvalue weighted by Gasteiger charge is -2.34. The second-order valence-electron chi connectivity index (χ2n) is 7.74. The van der Waals surface area contributed by atoms with Crippen LogP contribution in [0, 0.1) is 5.82 Å². The van der Waals surface area contributed by atoms with Crippen molar-refractivity contribution in [2.45, 2.75) is 6.54 Å². The van der Waals surface area contributed by atoms with Gasteiger partial charge in [0.25, 0.3) is 5.91 Å². The Hall–Kier alpha value is -3.59. The predicted molar refractivity (Wildman–Crippen MR) is 121 cm³/mol. The lowest BCUT2D eigenvalue weighted by atomic mass is 10.1. The summed E-state index contributed by atoms with van der Waals surface area (Å²) in [6.45, 7) is 3.31. The minimum absolute atomic E-state index is 0.0980. The molecule has 1 aliphatic rings. The van der Waals surface area contributed by atoms with Gasteiger partial charge in [0.2, 0.25) is 5.75 Å². The third-order valence-corrected chi connectivity index (χ3v) is 5.79. The number of benzene rings is 2. The molecule has 8 nitrogen and oxygen atoms in total. The van der Waals surface area contributed by atoms with Crippen molar-refractivity contribution in [2.75, 3.05) is 47.5 Å². The molecule has 1 aliphatic heterocycles. The summed E-state index contributed by atoms with van der Waals surface area (Å²) in [7, 11) is 4.79. The van der Waals surface area contributed by atoms with Crippen LogP contribution in [0.2, 0.25) is 0 Å². The number of piperazine rings is 1. The summed E-state index contributed by atoms with van der Waals surface area (Å²) in [5, 5.41) is 7.03. The first kappa shape index (κ1) is 22.6. The molecule has 2 aromatic carbocycles. The van der Waals surface area contributed by atoms with Gasteiger partial charge in [0.15, 0.2) is 11.5 Å². The van der Waals surface area contributed by atoms with E-state index < -0.39 is 0 Å². The number of nitrogens with zero attached hydrogens (tertiary/aromatic N) is 3. The Morgan fingerprint density at radius 2 is 1.67 bits per heavy atom. The minimum atomic E-state index is -0.311. The van der Waals surface area contributed by atoms with Crippen LogP contribution < -0.4 is 14.2 Å². The number of carbonyl (C=O) groups excluding carboxylic acids is 1. The average molecular weight is 455 g/mol. The van der Waals surface area contributed by atoms with E-state index in [0.29, 0.717) is 48.3 Å². The molecule has 2 heterocycles. The van der Waals surface area contributed by atoms with Crippen LogP contribution in [0.25, 0.3) is 11.3 Å². The number of ether oxygens (including phenoxy) is 3. The first-order valence-electron chi connectivity index (χ1n) is 10.6. The summed E-state index contributed by atoms with van der Waals surface area (Å²) in [5.41, 5.74) is 2.77. The van der Waals surface area contributed by atoms with Crippen molar-refractivity contribution >= 4 is 5.91 Å². The maximum Gasteiger partial charge on any atom is 0.271 e. The molecule has 0 atom stereocenters. The fourth-order valence-electron chi connectivity index (χ4n) is 4.01. The summed E-state index contributed by atoms with van der Waals surface area (Å²) < 4.78 is 29.6. The van der Waals surface area contributed by atoms with Crippen molar-refractivity contribution in [3.63, 3.8) is 0 Å². The third kappa shape index (κ3) is 4.78. The lowest BCUT2D eigenvalue weighted by molar-refractivity contribution is 0.0621. The van der Waals surface area contributed by atoms with Gasteiger partial charge in [0.1, 0.15) is 11.5 Å². The molecule has 1 amide bonds. The SMILES string of the molecule is COc1ccc(CN2CCN(C(=O)c3cc(-c4ccc(F)cc4)n[nH]3)CC2)c(OC)c1OC. The number of H-pyrrole nitrogens is 1. The van der Waals surface area contributed by atoms with E-state index in [-0.39, 0.29) is 11.7 Å². The maximum absolute atomic E-state index is 13.2. The van der Waals surface area contributed by atoms with Gasteiger partial charge in [0, 0.05) is 43.9 Å². The second kappa shape index (κ2) is 9.91. The predicted octanol–water partition coefficient (Wildman–Crippen LogP) is 3.20. The van der Waals surface area contributed by atoms with E-state index in [1.165, 1.54) is 12.1 Å². The molecule has 4 rings (SSSR count). The molecule has 0 aliphatic carbocycles. The molecule has 1 N–H and O–H groups in total. The average Bonchev–Trinajstić information content (AvgIpc) is 3.34. The molecule has 0 unspecified atom stereocenters. The molecule has 0 saturated carbocycles. The van der Waals surface area contributed by atoms with Crippen molar-refractivity contribution in [3.8, 4) is 28.5 Å². The highest BCUT2D eigenvalue weighted by molar-refractivity contribution is 5.93. The van der Waals surface area contributed by atoms with Crippen molar-refractivity contribution in [1.82, 2.24) is 20.0 Å². The number of aromatic amines is 1. The molecule has 1 fully saturated rings. The van der Waals surface area contributed by atoms with E-state index in [9.17, 15) is 9.18 Å². The monoisotopic (exact) mass is 454 g/mol. The van der Waals surface area contributed by atoms with Gasteiger partial charge in [-0.1, -0.05) is 6.07 Å². The van der Waals surface area contributed by atoms with Crippen molar-refractivity contribution in [2.24, 2.45) is 0 Å². The van der Waals surface area contributed by atoms with Gasteiger partial charge in [-0.3, -0.25) is 14.8 Å². The lowest BCUT2D eigenvalue weighted by Crippen LogP contribution is -2.48. The van der Waals surface area contributed by atoms with Gasteiger partial charge in [-0.2, -0.15) is 5.10 Å². The number of hydrogen-bond acceptors (Lipinski definition) is 6. The maximum atomic E-state index is 13.2. The number of nitrogens with one attached hydrogen (secondary N) is 1. The zero-order valence-corrected chi connectivity index (χ0v) is 18.9. The zero-order valence-electron chi connectivity index (χ0n) is 18.9. The smallest absolute Gasteiger partial charge is 0.271 e. The molecule has 3 aromatic rings. The van der Waals surface area contributed by atoms with E-state index in [1.54, 1.807) is 39.5 Å². The molecule has 1 aromatic heterocycles. The summed E-state index contributed by atoms with van der Waals surface area (Å²) in [6, 6.07) is 11.6. The Morgan fingerprint density at radius 3 is 2.30 bits per heavy atom. The van der Waals surface area contributed by atoms with Crippen molar-refractivity contribution < 1.29 is 23.4 Å². The van der Waals surface area contributed by atoms with Crippen LogP contribution >= 0.6 is 0 Å². The molecule has 1 saturated heterocycles. The van der Waals surface area contributed by atoms with Crippen molar-refractivity contribution in [3.05, 3.63) is 59.5 Å². The van der Waals surface area contributed by atoms with Gasteiger partial charge in [0.05, 0.1) is 27.0 Å². The van der Waals surface area contributed by atoms with Gasteiger partial charge >= 0.3 is 0 Å². The number of amides is 1. The fourth-order valence-corrected chi connectivity index (χ4v) is 4.01. The van der Waals surface area contributed by atoms with Crippen LogP contribution in [0.3, 0.4) is 0 Å². The Morgan fingerprint density at radius 1 is 0.970 bits per heavy atom. The largest absolute Gasteiger partial charge is 0.493 e. The Labute approximate surface area is 191 Å². The first-order valence-corrected chi connectivity index (χ1v) is 10.6. The van der Waals surface area contributed by atoms with Crippen LogP contribution in [0.15, 0.2) is 42.5 Å². The highest BCUT2D eigenvalue weighted by atomic mass is 19.1. The van der Waals surface area contributed by atoms with Crippen LogP contribution in [0.1, 0.15) is 16.1 Å². The summed E-state index contributed by atoms with van der Waals surface area (Å²) in [4.78, 5) is 17.0. The molecule has 0 spiro atoms. The number of aromatic nitrogens is 2. The molecular formula is C24H27FN4O4. The Bertz CT molecular complexity index is 1110. The fraction of sp³-hybridized carbons (Fsp3) is 0.333. The molecular weight excluding hydrogens is 427 g/mol. The van der Waals surface area contributed by atoms with Gasteiger partial charge in [-0.25, -0.2) is 4.39 Å². The van der Waals surface area contributed by atoms with Crippen LogP contribution in [0.5, 0.6) is 17.2 Å². The molecule has 0 bridgehead atoms. The van der Waals surface area contributed by atoms with E-state index in [1.807, 2.05) is 17.0 Å². The standard InChI is InChI=1S/C24H27FN4O4/c1-31-21-9-6-17(22(32-2)23(21)33-3)15-28-10-12-29(13-11-28)24(30)20-14-19(26-27-20)16-4-7-18(25)8-5-16/h4-9,14H,10-13,15H2,1-3H3,(H,26,27). The Kier molecular flexibility index (Phi) is 6.79. The number of rotatable bonds is 7. The number of hydrogen-bond donors (Lipinski definition) is 1. The van der Waals surface area contributed by atoms with E-state index >= 15 is 0 Å². The summed E-state index contributed by atoms with van der Waals surface area (Å²) >= 11 is 0. The van der Waals surface area contributed by atoms with Gasteiger partial charge < -0.3 is 19.1 Å². The normalized spacial score (nSPS) is 14.2. The molecule has 174 valence electrons. The van der Waals surface area contributed by atoms with Gasteiger partial charge in [-0.05, 0) is 36.4 Å². The highest BCUT2D eigenvalue weighted by Gasteiger charge is 2.25. The second-order valence-corrected chi connectivity index (χ2v) is 7.74. The van der Waals surface area contributed by atoms with Crippen LogP contribution in [-0.2, 0) is 6.54 Å². The van der Waals surface area contributed by atoms with Crippen LogP contribution in [-0.4, -0.2) is 73.4 Å². The quantitative estimate of drug-likeness (QED) is 0.591. The highest BCUT2D eigenvalue weighted by Crippen LogP contribution is 2.40. The number of methoxy groups -OCH3 is 3.